The van der Waals surface area contributed by atoms with E-state index in [9.17, 15) is 0 Å². The summed E-state index contributed by atoms with van der Waals surface area (Å²) in [5.74, 6) is 0.907. The van der Waals surface area contributed by atoms with Crippen molar-refractivity contribution in [1.29, 1.82) is 0 Å². The lowest BCUT2D eigenvalue weighted by Gasteiger charge is -2.32. The molecule has 0 radical (unpaired) electrons. The third-order valence-corrected chi connectivity index (χ3v) is 4.83. The summed E-state index contributed by atoms with van der Waals surface area (Å²) in [6, 6.07) is 6.41. The first-order valence-electron chi connectivity index (χ1n) is 7.31. The Morgan fingerprint density at radius 3 is 2.86 bits per heavy atom. The minimum absolute atomic E-state index is 0.215. The Kier molecular flexibility index (Phi) is 6.32. The number of nitrogens with one attached hydrogen (secondary N) is 1. The Morgan fingerprint density at radius 2 is 2.14 bits per heavy atom. The molecular formula is C16H23IN2O2. The third kappa shape index (κ3) is 3.90. The van der Waals surface area contributed by atoms with E-state index in [1.165, 1.54) is 9.27 Å². The summed E-state index contributed by atoms with van der Waals surface area (Å²) >= 11 is 2.36. The zero-order chi connectivity index (χ0) is 15.2. The van der Waals surface area contributed by atoms with E-state index in [0.29, 0.717) is 0 Å². The van der Waals surface area contributed by atoms with Crippen LogP contribution in [0.15, 0.2) is 28.0 Å². The first-order chi connectivity index (χ1) is 10.2. The molecule has 1 aliphatic rings. The van der Waals surface area contributed by atoms with Crippen molar-refractivity contribution < 1.29 is 9.84 Å². The van der Waals surface area contributed by atoms with Gasteiger partial charge < -0.3 is 20.1 Å². The molecule has 0 saturated heterocycles. The van der Waals surface area contributed by atoms with Gasteiger partial charge in [0.25, 0.3) is 0 Å². The van der Waals surface area contributed by atoms with Crippen LogP contribution in [0.3, 0.4) is 0 Å². The van der Waals surface area contributed by atoms with Crippen LogP contribution >= 0.6 is 22.6 Å². The van der Waals surface area contributed by atoms with Gasteiger partial charge in [-0.25, -0.2) is 0 Å². The van der Waals surface area contributed by atoms with Gasteiger partial charge in [-0.3, -0.25) is 0 Å². The van der Waals surface area contributed by atoms with Gasteiger partial charge in [0.2, 0.25) is 0 Å². The Labute approximate surface area is 140 Å². The maximum absolute atomic E-state index is 8.82. The van der Waals surface area contributed by atoms with Crippen LogP contribution in [0.5, 0.6) is 5.75 Å². The number of para-hydroxylation sites is 1. The molecule has 0 fully saturated rings. The Bertz CT molecular complexity index is 505. The molecule has 1 unspecified atom stereocenters. The summed E-state index contributed by atoms with van der Waals surface area (Å²) in [5, 5.41) is 12.4. The maximum Gasteiger partial charge on any atom is 0.142 e. The van der Waals surface area contributed by atoms with E-state index in [-0.39, 0.29) is 12.6 Å². The number of rotatable bonds is 7. The molecule has 1 aromatic rings. The number of benzene rings is 1. The minimum atomic E-state index is 0.215. The van der Waals surface area contributed by atoms with Crippen LogP contribution in [0.4, 0.5) is 5.69 Å². The quantitative estimate of drug-likeness (QED) is 0.418. The van der Waals surface area contributed by atoms with Crippen LogP contribution < -0.4 is 15.0 Å². The fraction of sp³-hybridized carbons (Fsp3) is 0.500. The van der Waals surface area contributed by atoms with Crippen molar-refractivity contribution in [2.45, 2.75) is 25.3 Å². The topological polar surface area (TPSA) is 44.7 Å². The first-order valence-corrected chi connectivity index (χ1v) is 8.39. The van der Waals surface area contributed by atoms with Crippen LogP contribution in [0.1, 0.15) is 30.9 Å². The molecule has 0 spiro atoms. The highest BCUT2D eigenvalue weighted by Gasteiger charge is 2.25. The lowest BCUT2D eigenvalue weighted by molar-refractivity contribution is 0.282. The number of nitrogens with zero attached hydrogens (tertiary/aromatic N) is 1. The number of fused-ring (bicyclic) bond motifs is 1. The van der Waals surface area contributed by atoms with E-state index < -0.39 is 0 Å². The molecule has 0 aromatic heterocycles. The number of ether oxygens (including phenoxy) is 1. The smallest absolute Gasteiger partial charge is 0.142 e. The molecule has 21 heavy (non-hydrogen) atoms. The van der Waals surface area contributed by atoms with Crippen molar-refractivity contribution in [2.24, 2.45) is 0 Å². The van der Waals surface area contributed by atoms with Crippen molar-refractivity contribution in [3.05, 3.63) is 33.5 Å². The highest BCUT2D eigenvalue weighted by atomic mass is 127. The van der Waals surface area contributed by atoms with Crippen molar-refractivity contribution in [2.75, 3.05) is 32.2 Å². The molecule has 4 nitrogen and oxygen atoms in total. The molecule has 116 valence electrons. The summed E-state index contributed by atoms with van der Waals surface area (Å²) in [6.45, 7) is 1.23. The van der Waals surface area contributed by atoms with Crippen LogP contribution in [0.25, 0.3) is 0 Å². The summed E-state index contributed by atoms with van der Waals surface area (Å²) < 4.78 is 6.70. The second-order valence-corrected chi connectivity index (χ2v) is 6.27. The Morgan fingerprint density at radius 1 is 1.33 bits per heavy atom. The monoisotopic (exact) mass is 402 g/mol. The lowest BCUT2D eigenvalue weighted by Crippen LogP contribution is -2.29. The third-order valence-electron chi connectivity index (χ3n) is 3.74. The number of hydrogen-bond acceptors (Lipinski definition) is 4. The van der Waals surface area contributed by atoms with Crippen molar-refractivity contribution in [3.63, 3.8) is 0 Å². The summed E-state index contributed by atoms with van der Waals surface area (Å²) in [6.07, 6.45) is 5.26. The fourth-order valence-electron chi connectivity index (χ4n) is 2.60. The molecule has 2 N–H and O–H groups in total. The molecule has 1 atom stereocenters. The number of halogens is 1. The zero-order valence-electron chi connectivity index (χ0n) is 12.6. The van der Waals surface area contributed by atoms with Gasteiger partial charge in [0.05, 0.1) is 22.5 Å². The molecule has 2 rings (SSSR count). The Balaban J connectivity index is 2.12. The lowest BCUT2D eigenvalue weighted by atomic mass is 10.00. The van der Waals surface area contributed by atoms with Crippen LogP contribution in [0, 0.1) is 0 Å². The summed E-state index contributed by atoms with van der Waals surface area (Å²) in [5.41, 5.74) is 2.39. The average Bonchev–Trinajstić information content (AvgIpc) is 2.51. The second-order valence-electron chi connectivity index (χ2n) is 5.16. The van der Waals surface area contributed by atoms with E-state index >= 15 is 0 Å². The number of methoxy groups -OCH3 is 1. The molecule has 0 bridgehead atoms. The van der Waals surface area contributed by atoms with E-state index in [2.05, 4.69) is 52.0 Å². The largest absolute Gasteiger partial charge is 0.495 e. The number of aliphatic hydroxyl groups excluding tert-OH is 1. The first kappa shape index (κ1) is 16.6. The van der Waals surface area contributed by atoms with Gasteiger partial charge in [0.15, 0.2) is 0 Å². The predicted molar refractivity (Wildman–Crippen MR) is 95.2 cm³/mol. The van der Waals surface area contributed by atoms with Gasteiger partial charge >= 0.3 is 0 Å². The standard InChI is InChI=1S/C16H23IN2O2/c1-19-15(17)11-13(18-9-4-3-5-10-20)12-7-6-8-14(21-2)16(12)19/h6-8,11,13,18,20H,3-5,9-10H2,1-2H3. The second kappa shape index (κ2) is 8.00. The molecule has 0 aliphatic carbocycles. The molecular weight excluding hydrogens is 379 g/mol. The number of unbranched alkanes of at least 4 members (excludes halogenated alkanes) is 2. The van der Waals surface area contributed by atoms with Crippen molar-refractivity contribution >= 4 is 28.3 Å². The van der Waals surface area contributed by atoms with Gasteiger partial charge in [-0.1, -0.05) is 12.1 Å². The van der Waals surface area contributed by atoms with Gasteiger partial charge in [0, 0.05) is 19.2 Å². The van der Waals surface area contributed by atoms with E-state index in [0.717, 1.165) is 37.2 Å². The van der Waals surface area contributed by atoms with Gasteiger partial charge in [0.1, 0.15) is 5.75 Å². The number of aliphatic hydroxyl groups is 1. The van der Waals surface area contributed by atoms with Gasteiger partial charge in [-0.2, -0.15) is 0 Å². The summed E-state index contributed by atoms with van der Waals surface area (Å²) in [7, 11) is 3.78. The highest BCUT2D eigenvalue weighted by molar-refractivity contribution is 14.1. The van der Waals surface area contributed by atoms with E-state index in [4.69, 9.17) is 9.84 Å². The summed E-state index contributed by atoms with van der Waals surface area (Å²) in [4.78, 5) is 2.17. The molecule has 1 aliphatic heterocycles. The molecule has 0 saturated carbocycles. The minimum Gasteiger partial charge on any atom is -0.495 e. The van der Waals surface area contributed by atoms with E-state index in [1.54, 1.807) is 7.11 Å². The van der Waals surface area contributed by atoms with Crippen molar-refractivity contribution in [1.82, 2.24) is 5.32 Å². The predicted octanol–water partition coefficient (Wildman–Crippen LogP) is 3.21. The normalized spacial score (nSPS) is 17.4. The van der Waals surface area contributed by atoms with Crippen LogP contribution in [-0.4, -0.2) is 32.4 Å². The molecule has 0 amide bonds. The van der Waals surface area contributed by atoms with Crippen LogP contribution in [0.2, 0.25) is 0 Å². The molecule has 5 heteroatoms. The fourth-order valence-corrected chi connectivity index (χ4v) is 3.20. The van der Waals surface area contributed by atoms with Gasteiger partial charge in [-0.05, 0) is 60.5 Å². The van der Waals surface area contributed by atoms with E-state index in [1.807, 2.05) is 12.1 Å². The average molecular weight is 402 g/mol. The highest BCUT2D eigenvalue weighted by Crippen LogP contribution is 2.42. The van der Waals surface area contributed by atoms with Crippen LogP contribution in [-0.2, 0) is 0 Å². The maximum atomic E-state index is 8.82. The zero-order valence-corrected chi connectivity index (χ0v) is 14.8. The van der Waals surface area contributed by atoms with Gasteiger partial charge in [-0.15, -0.1) is 0 Å². The SMILES string of the molecule is COc1cccc2c1N(C)C(I)=CC2NCCCCCO. The molecule has 1 aromatic carbocycles. The Hall–Kier alpha value is -0.790. The number of anilines is 1. The number of hydrogen-bond donors (Lipinski definition) is 2. The molecule has 1 heterocycles. The van der Waals surface area contributed by atoms with Crippen molar-refractivity contribution in [3.8, 4) is 5.75 Å².